The third-order valence-electron chi connectivity index (χ3n) is 5.15. The van der Waals surface area contributed by atoms with Gasteiger partial charge in [-0.15, -0.1) is 0 Å². The first-order chi connectivity index (χ1) is 7.65. The van der Waals surface area contributed by atoms with Crippen LogP contribution in [0.25, 0.3) is 0 Å². The molecule has 0 aromatic rings. The molecule has 0 bridgehead atoms. The Hall–Kier alpha value is -0.120. The van der Waals surface area contributed by atoms with Crippen molar-refractivity contribution in [3.05, 3.63) is 0 Å². The molecule has 3 nitrogen and oxygen atoms in total. The molecule has 3 heterocycles. The number of rotatable bonds is 2. The highest BCUT2D eigenvalue weighted by Crippen LogP contribution is 2.63. The molecule has 4 rings (SSSR count). The molecular weight excluding hydrogens is 204 g/mol. The van der Waals surface area contributed by atoms with Gasteiger partial charge < -0.3 is 14.2 Å². The number of hydrogen-bond donors (Lipinski definition) is 0. The summed E-state index contributed by atoms with van der Waals surface area (Å²) in [5.74, 6) is 0.802. The summed E-state index contributed by atoms with van der Waals surface area (Å²) in [6.07, 6.45) is 3.79. The normalized spacial score (nSPS) is 54.0. The summed E-state index contributed by atoms with van der Waals surface area (Å²) in [6.45, 7) is 7.32. The smallest absolute Gasteiger partial charge is 0.108 e. The van der Waals surface area contributed by atoms with E-state index in [9.17, 15) is 0 Å². The molecule has 0 aromatic carbocycles. The molecule has 0 amide bonds. The standard InChI is InChI=1S/C13H20O3/c1-12(2)6-15-11(9-5-14-9)13(12)7-16-10(13)8-3-4-8/h8-11H,3-7H2,1-2H3/t9-,10-,11-,13?/m1/s1. The van der Waals surface area contributed by atoms with Gasteiger partial charge in [0.25, 0.3) is 0 Å². The molecule has 1 saturated carbocycles. The van der Waals surface area contributed by atoms with E-state index < -0.39 is 0 Å². The van der Waals surface area contributed by atoms with E-state index >= 15 is 0 Å². The van der Waals surface area contributed by atoms with Crippen molar-refractivity contribution in [2.24, 2.45) is 16.7 Å². The SMILES string of the molecule is CC1(C)CO[C@H]([C@H]2CO2)C12CO[C@@H]2C1CC1. The van der Waals surface area contributed by atoms with E-state index in [0.29, 0.717) is 18.3 Å². The monoisotopic (exact) mass is 224 g/mol. The number of ether oxygens (including phenoxy) is 3. The highest BCUT2D eigenvalue weighted by atomic mass is 16.6. The largest absolute Gasteiger partial charge is 0.376 e. The Morgan fingerprint density at radius 2 is 1.62 bits per heavy atom. The van der Waals surface area contributed by atoms with Crippen LogP contribution in [0.4, 0.5) is 0 Å². The predicted molar refractivity (Wildman–Crippen MR) is 58.2 cm³/mol. The second-order valence-corrected chi connectivity index (χ2v) is 6.60. The maximum absolute atomic E-state index is 6.05. The zero-order valence-electron chi connectivity index (χ0n) is 10.1. The van der Waals surface area contributed by atoms with Crippen LogP contribution in [0.1, 0.15) is 26.7 Å². The lowest BCUT2D eigenvalue weighted by Crippen LogP contribution is -2.65. The van der Waals surface area contributed by atoms with Crippen LogP contribution in [0.15, 0.2) is 0 Å². The van der Waals surface area contributed by atoms with Gasteiger partial charge in [0.05, 0.1) is 37.4 Å². The zero-order valence-corrected chi connectivity index (χ0v) is 10.1. The van der Waals surface area contributed by atoms with Crippen molar-refractivity contribution in [3.63, 3.8) is 0 Å². The first-order valence-corrected chi connectivity index (χ1v) is 6.50. The molecule has 1 spiro atoms. The Morgan fingerprint density at radius 3 is 2.12 bits per heavy atom. The van der Waals surface area contributed by atoms with E-state index in [-0.39, 0.29) is 10.8 Å². The first kappa shape index (κ1) is 9.86. The van der Waals surface area contributed by atoms with Crippen LogP contribution >= 0.6 is 0 Å². The van der Waals surface area contributed by atoms with Gasteiger partial charge in [-0.05, 0) is 18.8 Å². The molecule has 0 radical (unpaired) electrons. The Kier molecular flexibility index (Phi) is 1.74. The molecule has 0 aromatic heterocycles. The average molecular weight is 224 g/mol. The predicted octanol–water partition coefficient (Wildman–Crippen LogP) is 1.61. The van der Waals surface area contributed by atoms with Crippen LogP contribution in [0.3, 0.4) is 0 Å². The topological polar surface area (TPSA) is 31.0 Å². The van der Waals surface area contributed by atoms with Gasteiger partial charge in [-0.3, -0.25) is 0 Å². The molecule has 0 N–H and O–H groups in total. The molecular formula is C13H20O3. The van der Waals surface area contributed by atoms with Crippen molar-refractivity contribution in [1.29, 1.82) is 0 Å². The van der Waals surface area contributed by atoms with E-state index in [2.05, 4.69) is 13.8 Å². The Labute approximate surface area is 96.4 Å². The Morgan fingerprint density at radius 1 is 0.938 bits per heavy atom. The third kappa shape index (κ3) is 1.05. The van der Waals surface area contributed by atoms with Crippen molar-refractivity contribution in [2.75, 3.05) is 19.8 Å². The van der Waals surface area contributed by atoms with Crippen LogP contribution in [0, 0.1) is 16.7 Å². The van der Waals surface area contributed by atoms with Gasteiger partial charge in [0.2, 0.25) is 0 Å². The van der Waals surface area contributed by atoms with Gasteiger partial charge in [-0.2, -0.15) is 0 Å². The highest BCUT2D eigenvalue weighted by Gasteiger charge is 2.71. The van der Waals surface area contributed by atoms with E-state index in [1.165, 1.54) is 12.8 Å². The van der Waals surface area contributed by atoms with Crippen LogP contribution in [0.2, 0.25) is 0 Å². The summed E-state index contributed by atoms with van der Waals surface area (Å²) in [4.78, 5) is 0. The van der Waals surface area contributed by atoms with E-state index in [1.807, 2.05) is 0 Å². The molecule has 16 heavy (non-hydrogen) atoms. The molecule has 3 heteroatoms. The van der Waals surface area contributed by atoms with Crippen LogP contribution in [0.5, 0.6) is 0 Å². The van der Waals surface area contributed by atoms with E-state index in [4.69, 9.17) is 14.2 Å². The molecule has 1 unspecified atom stereocenters. The van der Waals surface area contributed by atoms with Crippen LogP contribution in [-0.4, -0.2) is 38.1 Å². The summed E-state index contributed by atoms with van der Waals surface area (Å²) < 4.78 is 17.4. The van der Waals surface area contributed by atoms with Gasteiger partial charge in [0.15, 0.2) is 0 Å². The molecule has 3 saturated heterocycles. The van der Waals surface area contributed by atoms with Crippen molar-refractivity contribution >= 4 is 0 Å². The molecule has 3 aliphatic heterocycles. The molecule has 90 valence electrons. The minimum absolute atomic E-state index is 0.245. The van der Waals surface area contributed by atoms with Gasteiger partial charge >= 0.3 is 0 Å². The first-order valence-electron chi connectivity index (χ1n) is 6.50. The molecule has 4 aliphatic rings. The lowest BCUT2D eigenvalue weighted by atomic mass is 9.57. The van der Waals surface area contributed by atoms with Gasteiger partial charge in [-0.1, -0.05) is 13.8 Å². The zero-order chi connectivity index (χ0) is 11.0. The quantitative estimate of drug-likeness (QED) is 0.668. The van der Waals surface area contributed by atoms with Gasteiger partial charge in [0.1, 0.15) is 6.10 Å². The van der Waals surface area contributed by atoms with Crippen molar-refractivity contribution in [1.82, 2.24) is 0 Å². The summed E-state index contributed by atoms with van der Waals surface area (Å²) in [5.41, 5.74) is 0.491. The molecule has 4 fully saturated rings. The number of hydrogen-bond acceptors (Lipinski definition) is 3. The fourth-order valence-corrected chi connectivity index (χ4v) is 3.77. The van der Waals surface area contributed by atoms with Crippen molar-refractivity contribution in [2.45, 2.75) is 45.0 Å². The maximum atomic E-state index is 6.05. The Bertz CT molecular complexity index is 319. The number of epoxide rings is 1. The second kappa shape index (κ2) is 2.82. The fraction of sp³-hybridized carbons (Fsp3) is 1.00. The van der Waals surface area contributed by atoms with Crippen molar-refractivity contribution in [3.8, 4) is 0 Å². The van der Waals surface area contributed by atoms with Gasteiger partial charge in [-0.25, -0.2) is 0 Å². The van der Waals surface area contributed by atoms with E-state index in [0.717, 1.165) is 25.7 Å². The van der Waals surface area contributed by atoms with Crippen LogP contribution in [-0.2, 0) is 14.2 Å². The van der Waals surface area contributed by atoms with Crippen LogP contribution < -0.4 is 0 Å². The lowest BCUT2D eigenvalue weighted by Gasteiger charge is -2.56. The summed E-state index contributed by atoms with van der Waals surface area (Å²) in [5, 5.41) is 0. The average Bonchev–Trinajstić information content (AvgIpc) is 3.01. The fourth-order valence-electron chi connectivity index (χ4n) is 3.77. The lowest BCUT2D eigenvalue weighted by molar-refractivity contribution is -0.251. The summed E-state index contributed by atoms with van der Waals surface area (Å²) in [7, 11) is 0. The molecule has 1 aliphatic carbocycles. The minimum Gasteiger partial charge on any atom is -0.376 e. The summed E-state index contributed by atoms with van der Waals surface area (Å²) in [6, 6.07) is 0. The van der Waals surface area contributed by atoms with Gasteiger partial charge in [0, 0.05) is 5.41 Å². The maximum Gasteiger partial charge on any atom is 0.108 e. The Balaban J connectivity index is 1.69. The second-order valence-electron chi connectivity index (χ2n) is 6.60. The minimum atomic E-state index is 0.245. The van der Waals surface area contributed by atoms with Crippen molar-refractivity contribution < 1.29 is 14.2 Å². The van der Waals surface area contributed by atoms with E-state index in [1.54, 1.807) is 0 Å². The summed E-state index contributed by atoms with van der Waals surface area (Å²) >= 11 is 0. The highest BCUT2D eigenvalue weighted by molar-refractivity contribution is 5.17. The third-order valence-corrected chi connectivity index (χ3v) is 5.15. The molecule has 4 atom stereocenters.